The van der Waals surface area contributed by atoms with Crippen LogP contribution in [0.25, 0.3) is 0 Å². The van der Waals surface area contributed by atoms with Crippen LogP contribution in [-0.4, -0.2) is 31.5 Å². The molecule has 0 spiro atoms. The number of nitrogens with two attached hydrogens (primary N) is 1. The number of para-hydroxylation sites is 1. The number of hydrazine groups is 1. The first-order valence-corrected chi connectivity index (χ1v) is 7.56. The van der Waals surface area contributed by atoms with Crippen molar-refractivity contribution >= 4 is 16.0 Å². The fraction of sp³-hybridized carbons (Fsp3) is 0.167. The summed E-state index contributed by atoms with van der Waals surface area (Å²) in [6.45, 7) is 0.348. The minimum absolute atomic E-state index is 0.0405. The zero-order valence-corrected chi connectivity index (χ0v) is 11.9. The van der Waals surface area contributed by atoms with Crippen molar-refractivity contribution in [1.29, 1.82) is 0 Å². The Balaban J connectivity index is 1.86. The molecule has 0 aliphatic carbocycles. The molecule has 0 aliphatic rings. The lowest BCUT2D eigenvalue weighted by molar-refractivity contribution is 0.323. The van der Waals surface area contributed by atoms with Gasteiger partial charge in [-0.25, -0.2) is 29.0 Å². The number of nitrogen functional groups attached to an aromatic ring is 1. The van der Waals surface area contributed by atoms with Crippen LogP contribution in [0.5, 0.6) is 5.75 Å². The Morgan fingerprint density at radius 1 is 1.14 bits per heavy atom. The Morgan fingerprint density at radius 2 is 1.81 bits per heavy atom. The summed E-state index contributed by atoms with van der Waals surface area (Å²) >= 11 is 0. The van der Waals surface area contributed by atoms with E-state index in [4.69, 9.17) is 10.6 Å². The van der Waals surface area contributed by atoms with Crippen LogP contribution in [-0.2, 0) is 10.0 Å². The van der Waals surface area contributed by atoms with Gasteiger partial charge in [0.2, 0.25) is 16.0 Å². The van der Waals surface area contributed by atoms with Crippen LogP contribution in [0.3, 0.4) is 0 Å². The highest BCUT2D eigenvalue weighted by Crippen LogP contribution is 2.08. The minimum Gasteiger partial charge on any atom is -0.492 e. The summed E-state index contributed by atoms with van der Waals surface area (Å²) in [6, 6.07) is 9.13. The maximum atomic E-state index is 11.9. The molecule has 9 heteroatoms. The highest BCUT2D eigenvalue weighted by Gasteiger charge is 2.14. The SMILES string of the molecule is NNc1ncc(S(=O)(=O)NCCOc2ccccc2)cn1. The third kappa shape index (κ3) is 4.38. The van der Waals surface area contributed by atoms with E-state index in [1.807, 2.05) is 18.2 Å². The second-order valence-electron chi connectivity index (χ2n) is 3.95. The highest BCUT2D eigenvalue weighted by molar-refractivity contribution is 7.89. The third-order valence-electron chi connectivity index (χ3n) is 2.47. The third-order valence-corrected chi connectivity index (χ3v) is 3.89. The van der Waals surface area contributed by atoms with Crippen molar-refractivity contribution in [2.75, 3.05) is 18.6 Å². The van der Waals surface area contributed by atoms with Crippen molar-refractivity contribution < 1.29 is 13.2 Å². The molecule has 112 valence electrons. The number of aromatic nitrogens is 2. The smallest absolute Gasteiger partial charge is 0.243 e. The first kappa shape index (κ1) is 15.2. The fourth-order valence-electron chi connectivity index (χ4n) is 1.47. The number of sulfonamides is 1. The van der Waals surface area contributed by atoms with Crippen molar-refractivity contribution in [1.82, 2.24) is 14.7 Å². The Kier molecular flexibility index (Phi) is 5.04. The van der Waals surface area contributed by atoms with Crippen LogP contribution in [0, 0.1) is 0 Å². The van der Waals surface area contributed by atoms with E-state index in [1.165, 1.54) is 12.4 Å². The van der Waals surface area contributed by atoms with Crippen molar-refractivity contribution in [3.63, 3.8) is 0 Å². The van der Waals surface area contributed by atoms with Gasteiger partial charge in [0, 0.05) is 6.54 Å². The van der Waals surface area contributed by atoms with Crippen LogP contribution in [0.1, 0.15) is 0 Å². The summed E-state index contributed by atoms with van der Waals surface area (Å²) in [5.41, 5.74) is 2.22. The molecule has 0 unspecified atom stereocenters. The quantitative estimate of drug-likeness (QED) is 0.377. The lowest BCUT2D eigenvalue weighted by Gasteiger charge is -2.08. The van der Waals surface area contributed by atoms with Gasteiger partial charge in [0.25, 0.3) is 0 Å². The number of anilines is 1. The van der Waals surface area contributed by atoms with E-state index in [1.54, 1.807) is 12.1 Å². The summed E-state index contributed by atoms with van der Waals surface area (Å²) in [5, 5.41) is 0. The summed E-state index contributed by atoms with van der Waals surface area (Å²) in [6.07, 6.45) is 2.34. The van der Waals surface area contributed by atoms with E-state index in [9.17, 15) is 8.42 Å². The molecule has 0 atom stereocenters. The van der Waals surface area contributed by atoms with E-state index in [0.29, 0.717) is 5.75 Å². The molecule has 0 amide bonds. The van der Waals surface area contributed by atoms with Crippen LogP contribution in [0.2, 0.25) is 0 Å². The summed E-state index contributed by atoms with van der Waals surface area (Å²) in [4.78, 5) is 7.44. The Hall–Kier alpha value is -2.23. The van der Waals surface area contributed by atoms with Crippen molar-refractivity contribution in [2.24, 2.45) is 5.84 Å². The maximum absolute atomic E-state index is 11.9. The average molecular weight is 309 g/mol. The molecule has 2 aromatic rings. The van der Waals surface area contributed by atoms with Gasteiger partial charge in [0.15, 0.2) is 0 Å². The molecule has 4 N–H and O–H groups in total. The topological polar surface area (TPSA) is 119 Å². The first-order valence-electron chi connectivity index (χ1n) is 6.08. The molecule has 8 nitrogen and oxygen atoms in total. The molecule has 1 aromatic carbocycles. The van der Waals surface area contributed by atoms with E-state index < -0.39 is 10.0 Å². The summed E-state index contributed by atoms with van der Waals surface area (Å²) in [7, 11) is -3.66. The standard InChI is InChI=1S/C12H15N5O3S/c13-17-12-14-8-11(9-15-12)21(18,19)16-6-7-20-10-4-2-1-3-5-10/h1-5,8-9,16H,6-7,13H2,(H,14,15,17). The zero-order chi connectivity index (χ0) is 15.1. The van der Waals surface area contributed by atoms with Gasteiger partial charge in [-0.1, -0.05) is 18.2 Å². The first-order chi connectivity index (χ1) is 10.1. The number of hydrogen-bond donors (Lipinski definition) is 3. The molecule has 1 aromatic heterocycles. The van der Waals surface area contributed by atoms with Gasteiger partial charge in [0.05, 0.1) is 12.4 Å². The minimum atomic E-state index is -3.66. The van der Waals surface area contributed by atoms with Gasteiger partial charge in [-0.2, -0.15) is 0 Å². The largest absolute Gasteiger partial charge is 0.492 e. The van der Waals surface area contributed by atoms with Gasteiger partial charge in [0.1, 0.15) is 17.3 Å². The molecule has 0 radical (unpaired) electrons. The van der Waals surface area contributed by atoms with Gasteiger partial charge < -0.3 is 4.74 Å². The van der Waals surface area contributed by atoms with Crippen LogP contribution in [0.4, 0.5) is 5.95 Å². The molecule has 0 saturated heterocycles. The molecule has 0 aliphatic heterocycles. The molecular weight excluding hydrogens is 294 g/mol. The molecule has 0 bridgehead atoms. The number of benzene rings is 1. The van der Waals surface area contributed by atoms with E-state index in [-0.39, 0.29) is 24.0 Å². The number of rotatable bonds is 7. The molecule has 1 heterocycles. The van der Waals surface area contributed by atoms with Crippen LogP contribution >= 0.6 is 0 Å². The second kappa shape index (κ2) is 6.97. The van der Waals surface area contributed by atoms with E-state index in [0.717, 1.165) is 0 Å². The second-order valence-corrected chi connectivity index (χ2v) is 5.71. The molecule has 0 saturated carbocycles. The Bertz CT molecular complexity index is 661. The number of nitrogens with zero attached hydrogens (tertiary/aromatic N) is 2. The predicted octanol–water partition coefficient (Wildman–Crippen LogP) is 0.119. The van der Waals surface area contributed by atoms with Crippen molar-refractivity contribution in [2.45, 2.75) is 4.90 Å². The highest BCUT2D eigenvalue weighted by atomic mass is 32.2. The molecule has 2 rings (SSSR count). The van der Waals surface area contributed by atoms with Crippen molar-refractivity contribution in [3.8, 4) is 5.75 Å². The lowest BCUT2D eigenvalue weighted by Crippen LogP contribution is -2.28. The monoisotopic (exact) mass is 309 g/mol. The van der Waals surface area contributed by atoms with Gasteiger partial charge in [-0.3, -0.25) is 5.43 Å². The van der Waals surface area contributed by atoms with E-state index in [2.05, 4.69) is 20.1 Å². The fourth-order valence-corrected chi connectivity index (χ4v) is 2.38. The average Bonchev–Trinajstić information content (AvgIpc) is 2.53. The number of nitrogens with one attached hydrogen (secondary N) is 2. The molecule has 21 heavy (non-hydrogen) atoms. The van der Waals surface area contributed by atoms with Gasteiger partial charge in [-0.15, -0.1) is 0 Å². The number of hydrogen-bond acceptors (Lipinski definition) is 7. The predicted molar refractivity (Wildman–Crippen MR) is 77.0 cm³/mol. The normalized spacial score (nSPS) is 11.1. The van der Waals surface area contributed by atoms with Crippen LogP contribution in [0.15, 0.2) is 47.6 Å². The van der Waals surface area contributed by atoms with Gasteiger partial charge in [-0.05, 0) is 12.1 Å². The van der Waals surface area contributed by atoms with Crippen LogP contribution < -0.4 is 20.7 Å². The Morgan fingerprint density at radius 3 is 2.43 bits per heavy atom. The Labute approximate surface area is 122 Å². The van der Waals surface area contributed by atoms with Crippen molar-refractivity contribution in [3.05, 3.63) is 42.7 Å². The zero-order valence-electron chi connectivity index (χ0n) is 11.1. The molecular formula is C12H15N5O3S. The maximum Gasteiger partial charge on any atom is 0.243 e. The molecule has 0 fully saturated rings. The van der Waals surface area contributed by atoms with E-state index >= 15 is 0 Å². The van der Waals surface area contributed by atoms with Gasteiger partial charge >= 0.3 is 0 Å². The summed E-state index contributed by atoms with van der Waals surface area (Å²) in [5.74, 6) is 5.93. The summed E-state index contributed by atoms with van der Waals surface area (Å²) < 4.78 is 31.7. The number of ether oxygens (including phenoxy) is 1. The lowest BCUT2D eigenvalue weighted by atomic mass is 10.3.